The number of anilines is 1. The Morgan fingerprint density at radius 1 is 1.43 bits per heavy atom. The van der Waals surface area contributed by atoms with Gasteiger partial charge in [0, 0.05) is 25.0 Å². The van der Waals surface area contributed by atoms with E-state index in [0.717, 1.165) is 29.0 Å². The van der Waals surface area contributed by atoms with Crippen molar-refractivity contribution in [3.63, 3.8) is 0 Å². The maximum atomic E-state index is 11.1. The average Bonchev–Trinajstić information content (AvgIpc) is 2.53. The van der Waals surface area contributed by atoms with Crippen LogP contribution in [0.25, 0.3) is 10.9 Å². The predicted molar refractivity (Wildman–Crippen MR) is 79.9 cm³/mol. The number of para-hydroxylation sites is 1. The number of nitrogens with zero attached hydrogens (tertiary/aromatic N) is 2. The normalized spacial score (nSPS) is 18.7. The molecule has 1 aliphatic heterocycles. The number of rotatable bonds is 3. The first kappa shape index (κ1) is 13.6. The average molecular weight is 287 g/mol. The number of hydrogen-bond acceptors (Lipinski definition) is 5. The molecule has 0 saturated carbocycles. The van der Waals surface area contributed by atoms with Crippen molar-refractivity contribution in [2.24, 2.45) is 0 Å². The summed E-state index contributed by atoms with van der Waals surface area (Å²) in [5, 5.41) is 13.1. The lowest BCUT2D eigenvalue weighted by molar-refractivity contribution is -0.139. The van der Waals surface area contributed by atoms with Crippen LogP contribution in [0.4, 0.5) is 5.82 Å². The number of benzene rings is 1. The Morgan fingerprint density at radius 2 is 2.29 bits per heavy atom. The number of piperazine rings is 1. The number of carbonyl (C=O) groups is 1. The molecular weight excluding hydrogens is 270 g/mol. The number of carboxylic acid groups (broad SMARTS) is 1. The van der Waals surface area contributed by atoms with E-state index >= 15 is 0 Å². The summed E-state index contributed by atoms with van der Waals surface area (Å²) in [5.74, 6) is 0.664. The molecule has 0 amide bonds. The van der Waals surface area contributed by atoms with Gasteiger partial charge in [0.1, 0.15) is 23.1 Å². The Hall–Kier alpha value is -2.34. The van der Waals surface area contributed by atoms with Gasteiger partial charge >= 0.3 is 5.97 Å². The van der Waals surface area contributed by atoms with E-state index in [1.54, 1.807) is 7.11 Å². The van der Waals surface area contributed by atoms with Gasteiger partial charge in [-0.25, -0.2) is 4.98 Å². The molecule has 1 saturated heterocycles. The van der Waals surface area contributed by atoms with Crippen LogP contribution in [0.2, 0.25) is 0 Å². The van der Waals surface area contributed by atoms with Gasteiger partial charge in [-0.1, -0.05) is 12.1 Å². The smallest absolute Gasteiger partial charge is 0.322 e. The van der Waals surface area contributed by atoms with Crippen molar-refractivity contribution in [2.75, 3.05) is 31.6 Å². The molecule has 1 aliphatic rings. The maximum absolute atomic E-state index is 11.1. The number of aromatic nitrogens is 1. The SMILES string of the molecule is COc1cccc2ccc(N3CCNC(C(=O)O)C3)nc12. The molecule has 0 bridgehead atoms. The van der Waals surface area contributed by atoms with Gasteiger partial charge in [-0.2, -0.15) is 0 Å². The quantitative estimate of drug-likeness (QED) is 0.881. The van der Waals surface area contributed by atoms with Gasteiger partial charge in [-0.3, -0.25) is 4.79 Å². The summed E-state index contributed by atoms with van der Waals surface area (Å²) in [6, 6.07) is 9.12. The number of carboxylic acids is 1. The zero-order valence-electron chi connectivity index (χ0n) is 11.7. The molecule has 1 atom stereocenters. The number of methoxy groups -OCH3 is 1. The van der Waals surface area contributed by atoms with Crippen molar-refractivity contribution in [1.82, 2.24) is 10.3 Å². The van der Waals surface area contributed by atoms with Crippen LogP contribution in [-0.2, 0) is 4.79 Å². The molecule has 0 aliphatic carbocycles. The van der Waals surface area contributed by atoms with E-state index in [1.807, 2.05) is 35.2 Å². The molecule has 1 fully saturated rings. The number of hydrogen-bond donors (Lipinski definition) is 2. The van der Waals surface area contributed by atoms with E-state index in [2.05, 4.69) is 10.3 Å². The number of fused-ring (bicyclic) bond motifs is 1. The standard InChI is InChI=1S/C15H17N3O3/c1-21-12-4-2-3-10-5-6-13(17-14(10)12)18-8-7-16-11(9-18)15(19)20/h2-6,11,16H,7-9H2,1H3,(H,19,20). The molecule has 6 heteroatoms. The molecule has 1 aromatic heterocycles. The molecule has 1 unspecified atom stereocenters. The fraction of sp³-hybridized carbons (Fsp3) is 0.333. The summed E-state index contributed by atoms with van der Waals surface area (Å²) in [4.78, 5) is 17.7. The van der Waals surface area contributed by atoms with Crippen molar-refractivity contribution < 1.29 is 14.6 Å². The highest BCUT2D eigenvalue weighted by Gasteiger charge is 2.25. The molecule has 3 rings (SSSR count). The van der Waals surface area contributed by atoms with Crippen molar-refractivity contribution in [3.8, 4) is 5.75 Å². The lowest BCUT2D eigenvalue weighted by Gasteiger charge is -2.32. The lowest BCUT2D eigenvalue weighted by Crippen LogP contribution is -2.54. The Bertz CT molecular complexity index is 674. The van der Waals surface area contributed by atoms with Gasteiger partial charge < -0.3 is 20.1 Å². The number of nitrogens with one attached hydrogen (secondary N) is 1. The summed E-state index contributed by atoms with van der Waals surface area (Å²) in [6.07, 6.45) is 0. The summed E-state index contributed by atoms with van der Waals surface area (Å²) >= 11 is 0. The molecule has 0 radical (unpaired) electrons. The molecule has 0 spiro atoms. The van der Waals surface area contributed by atoms with E-state index in [9.17, 15) is 4.79 Å². The van der Waals surface area contributed by atoms with Crippen LogP contribution in [0.5, 0.6) is 5.75 Å². The number of aliphatic carboxylic acids is 1. The molecule has 1 aromatic carbocycles. The second-order valence-corrected chi connectivity index (χ2v) is 4.99. The highest BCUT2D eigenvalue weighted by Crippen LogP contribution is 2.26. The summed E-state index contributed by atoms with van der Waals surface area (Å²) in [5.41, 5.74) is 0.794. The second-order valence-electron chi connectivity index (χ2n) is 4.99. The van der Waals surface area contributed by atoms with Gasteiger partial charge in [0.2, 0.25) is 0 Å². The summed E-state index contributed by atoms with van der Waals surface area (Å²) < 4.78 is 5.34. The molecule has 2 N–H and O–H groups in total. The van der Waals surface area contributed by atoms with Crippen LogP contribution < -0.4 is 15.0 Å². The maximum Gasteiger partial charge on any atom is 0.322 e. The molecule has 6 nitrogen and oxygen atoms in total. The largest absolute Gasteiger partial charge is 0.494 e. The first-order valence-corrected chi connectivity index (χ1v) is 6.84. The minimum atomic E-state index is -0.835. The summed E-state index contributed by atoms with van der Waals surface area (Å²) in [6.45, 7) is 1.77. The first-order chi connectivity index (χ1) is 10.2. The Balaban J connectivity index is 1.95. The van der Waals surface area contributed by atoms with Gasteiger partial charge in [0.15, 0.2) is 0 Å². The lowest BCUT2D eigenvalue weighted by atomic mass is 10.2. The van der Waals surface area contributed by atoms with E-state index < -0.39 is 12.0 Å². The molecule has 2 aromatic rings. The monoisotopic (exact) mass is 287 g/mol. The van der Waals surface area contributed by atoms with Crippen LogP contribution in [0, 0.1) is 0 Å². The van der Waals surface area contributed by atoms with E-state index in [0.29, 0.717) is 13.1 Å². The van der Waals surface area contributed by atoms with Crippen LogP contribution in [0.15, 0.2) is 30.3 Å². The molecule has 110 valence electrons. The Kier molecular flexibility index (Phi) is 3.62. The van der Waals surface area contributed by atoms with Gasteiger partial charge in [-0.15, -0.1) is 0 Å². The van der Waals surface area contributed by atoms with Gasteiger partial charge in [-0.05, 0) is 18.2 Å². The minimum absolute atomic E-state index is 0.406. The number of ether oxygens (including phenoxy) is 1. The highest BCUT2D eigenvalue weighted by molar-refractivity contribution is 5.86. The molecule has 2 heterocycles. The van der Waals surface area contributed by atoms with Crippen molar-refractivity contribution in [1.29, 1.82) is 0 Å². The molecule has 21 heavy (non-hydrogen) atoms. The van der Waals surface area contributed by atoms with Gasteiger partial charge in [0.05, 0.1) is 7.11 Å². The van der Waals surface area contributed by atoms with E-state index in [4.69, 9.17) is 9.84 Å². The Morgan fingerprint density at radius 3 is 3.05 bits per heavy atom. The third-order valence-electron chi connectivity index (χ3n) is 3.69. The van der Waals surface area contributed by atoms with Crippen LogP contribution in [0.1, 0.15) is 0 Å². The zero-order valence-corrected chi connectivity index (χ0v) is 11.7. The zero-order chi connectivity index (χ0) is 14.8. The van der Waals surface area contributed by atoms with Crippen LogP contribution >= 0.6 is 0 Å². The van der Waals surface area contributed by atoms with Crippen LogP contribution in [0.3, 0.4) is 0 Å². The highest BCUT2D eigenvalue weighted by atomic mass is 16.5. The Labute approximate surface area is 122 Å². The predicted octanol–water partition coefficient (Wildman–Crippen LogP) is 1.11. The van der Waals surface area contributed by atoms with Crippen molar-refractivity contribution in [2.45, 2.75) is 6.04 Å². The third-order valence-corrected chi connectivity index (χ3v) is 3.69. The minimum Gasteiger partial charge on any atom is -0.494 e. The third kappa shape index (κ3) is 2.62. The first-order valence-electron chi connectivity index (χ1n) is 6.84. The molecular formula is C15H17N3O3. The van der Waals surface area contributed by atoms with E-state index in [-0.39, 0.29) is 0 Å². The van der Waals surface area contributed by atoms with Crippen LogP contribution in [-0.4, -0.2) is 48.8 Å². The fourth-order valence-electron chi connectivity index (χ4n) is 2.57. The van der Waals surface area contributed by atoms with Crippen molar-refractivity contribution >= 4 is 22.7 Å². The van der Waals surface area contributed by atoms with E-state index in [1.165, 1.54) is 0 Å². The fourth-order valence-corrected chi connectivity index (χ4v) is 2.57. The second kappa shape index (κ2) is 5.57. The van der Waals surface area contributed by atoms with Gasteiger partial charge in [0.25, 0.3) is 0 Å². The van der Waals surface area contributed by atoms with Crippen molar-refractivity contribution in [3.05, 3.63) is 30.3 Å². The summed E-state index contributed by atoms with van der Waals surface area (Å²) in [7, 11) is 1.62. The number of pyridine rings is 1. The topological polar surface area (TPSA) is 74.7 Å².